The van der Waals surface area contributed by atoms with Gasteiger partial charge in [-0.2, -0.15) is 0 Å². The van der Waals surface area contributed by atoms with Crippen molar-refractivity contribution in [3.05, 3.63) is 0 Å². The lowest BCUT2D eigenvalue weighted by molar-refractivity contribution is 0.371. The summed E-state index contributed by atoms with van der Waals surface area (Å²) in [4.78, 5) is 0. The van der Waals surface area contributed by atoms with Crippen LogP contribution in [0.1, 0.15) is 91.9 Å². The first-order valence-electron chi connectivity index (χ1n) is 8.74. The SMILES string of the molecule is CCCCCCC1(CC)NC1(CC)NCCCCC. The van der Waals surface area contributed by atoms with Crippen LogP contribution in [-0.4, -0.2) is 17.7 Å². The van der Waals surface area contributed by atoms with Crippen molar-refractivity contribution in [2.45, 2.75) is 103 Å². The molecule has 1 heterocycles. The summed E-state index contributed by atoms with van der Waals surface area (Å²) in [5.41, 5.74) is 0.642. The van der Waals surface area contributed by atoms with Crippen LogP contribution in [0.25, 0.3) is 0 Å². The van der Waals surface area contributed by atoms with Gasteiger partial charge in [0.05, 0.1) is 11.2 Å². The first-order valence-corrected chi connectivity index (χ1v) is 8.74. The lowest BCUT2D eigenvalue weighted by atomic mass is 9.89. The van der Waals surface area contributed by atoms with Crippen LogP contribution in [0.3, 0.4) is 0 Å². The van der Waals surface area contributed by atoms with Gasteiger partial charge in [0, 0.05) is 0 Å². The summed E-state index contributed by atoms with van der Waals surface area (Å²) in [7, 11) is 0. The fourth-order valence-corrected chi connectivity index (χ4v) is 3.52. The van der Waals surface area contributed by atoms with Crippen LogP contribution in [0, 0.1) is 0 Å². The van der Waals surface area contributed by atoms with Crippen LogP contribution in [-0.2, 0) is 0 Å². The molecule has 0 aliphatic carbocycles. The van der Waals surface area contributed by atoms with E-state index >= 15 is 0 Å². The maximum Gasteiger partial charge on any atom is 0.0877 e. The first kappa shape index (κ1) is 17.0. The molecule has 2 atom stereocenters. The minimum Gasteiger partial charge on any atom is -0.298 e. The summed E-state index contributed by atoms with van der Waals surface area (Å²) < 4.78 is 0. The average Bonchev–Trinajstić information content (AvgIpc) is 3.09. The van der Waals surface area contributed by atoms with Gasteiger partial charge in [-0.25, -0.2) is 0 Å². The van der Waals surface area contributed by atoms with Gasteiger partial charge in [-0.15, -0.1) is 0 Å². The number of unbranched alkanes of at least 4 members (excludes halogenated alkanes) is 5. The molecule has 0 amide bonds. The predicted octanol–water partition coefficient (Wildman–Crippen LogP) is 4.59. The van der Waals surface area contributed by atoms with E-state index in [2.05, 4.69) is 38.3 Å². The predicted molar refractivity (Wildman–Crippen MR) is 85.5 cm³/mol. The quantitative estimate of drug-likeness (QED) is 0.401. The van der Waals surface area contributed by atoms with Crippen molar-refractivity contribution >= 4 is 0 Å². The molecular weight excluding hydrogens is 232 g/mol. The Morgan fingerprint density at radius 2 is 1.47 bits per heavy atom. The standard InChI is InChI=1S/C17H36N2/c1-5-9-11-12-14-16(7-3)17(8-4,19-16)18-15-13-10-6-2/h18-19H,5-15H2,1-4H3. The molecule has 2 unspecified atom stereocenters. The van der Waals surface area contributed by atoms with E-state index in [4.69, 9.17) is 0 Å². The topological polar surface area (TPSA) is 34.0 Å². The monoisotopic (exact) mass is 268 g/mol. The summed E-state index contributed by atoms with van der Waals surface area (Å²) in [6.45, 7) is 10.4. The first-order chi connectivity index (χ1) is 9.20. The molecule has 0 saturated carbocycles. The average molecular weight is 268 g/mol. The molecule has 1 fully saturated rings. The third kappa shape index (κ3) is 4.19. The van der Waals surface area contributed by atoms with Gasteiger partial charge < -0.3 is 0 Å². The molecule has 1 aliphatic rings. The van der Waals surface area contributed by atoms with Gasteiger partial charge in [0.15, 0.2) is 0 Å². The minimum absolute atomic E-state index is 0.252. The van der Waals surface area contributed by atoms with Crippen molar-refractivity contribution in [3.8, 4) is 0 Å². The smallest absolute Gasteiger partial charge is 0.0877 e. The maximum absolute atomic E-state index is 3.84. The minimum atomic E-state index is 0.252. The Hall–Kier alpha value is -0.0800. The van der Waals surface area contributed by atoms with Gasteiger partial charge in [0.1, 0.15) is 0 Å². The van der Waals surface area contributed by atoms with Crippen LogP contribution >= 0.6 is 0 Å². The lowest BCUT2D eigenvalue weighted by Gasteiger charge is -2.22. The molecule has 2 nitrogen and oxygen atoms in total. The zero-order chi connectivity index (χ0) is 14.2. The second-order valence-electron chi connectivity index (χ2n) is 6.26. The van der Waals surface area contributed by atoms with E-state index in [-0.39, 0.29) is 5.66 Å². The second-order valence-corrected chi connectivity index (χ2v) is 6.26. The van der Waals surface area contributed by atoms with Gasteiger partial charge in [0.2, 0.25) is 0 Å². The van der Waals surface area contributed by atoms with E-state index < -0.39 is 0 Å². The van der Waals surface area contributed by atoms with Gasteiger partial charge >= 0.3 is 0 Å². The lowest BCUT2D eigenvalue weighted by Crippen LogP contribution is -2.41. The Labute approximate surface area is 121 Å². The molecular formula is C17H36N2. The zero-order valence-corrected chi connectivity index (χ0v) is 13.8. The highest BCUT2D eigenvalue weighted by atomic mass is 15.4. The fourth-order valence-electron chi connectivity index (χ4n) is 3.52. The third-order valence-electron chi connectivity index (χ3n) is 5.01. The Kier molecular flexibility index (Phi) is 7.38. The van der Waals surface area contributed by atoms with E-state index in [0.29, 0.717) is 5.54 Å². The summed E-state index contributed by atoms with van der Waals surface area (Å²) >= 11 is 0. The van der Waals surface area contributed by atoms with Gasteiger partial charge in [0.25, 0.3) is 0 Å². The van der Waals surface area contributed by atoms with E-state index in [1.165, 1.54) is 70.8 Å². The Bertz CT molecular complexity index is 217. The number of rotatable bonds is 12. The molecule has 2 N–H and O–H groups in total. The molecule has 1 rings (SSSR count). The molecule has 19 heavy (non-hydrogen) atoms. The normalized spacial score (nSPS) is 29.7. The summed E-state index contributed by atoms with van der Waals surface area (Å²) in [6, 6.07) is 0. The Balaban J connectivity index is 2.37. The van der Waals surface area contributed by atoms with Crippen LogP contribution in [0.15, 0.2) is 0 Å². The molecule has 1 aliphatic heterocycles. The summed E-state index contributed by atoms with van der Waals surface area (Å²) in [6.07, 6.45) is 13.3. The van der Waals surface area contributed by atoms with Gasteiger partial charge in [-0.1, -0.05) is 66.2 Å². The number of nitrogens with one attached hydrogen (secondary N) is 2. The molecule has 0 radical (unpaired) electrons. The molecule has 0 spiro atoms. The van der Waals surface area contributed by atoms with E-state index in [1.54, 1.807) is 0 Å². The molecule has 1 saturated heterocycles. The zero-order valence-electron chi connectivity index (χ0n) is 13.8. The molecule has 114 valence electrons. The summed E-state index contributed by atoms with van der Waals surface area (Å²) in [5.74, 6) is 0. The van der Waals surface area contributed by atoms with Crippen molar-refractivity contribution < 1.29 is 0 Å². The van der Waals surface area contributed by atoms with E-state index in [0.717, 1.165) is 0 Å². The summed E-state index contributed by atoms with van der Waals surface area (Å²) in [5, 5.41) is 7.66. The molecule has 0 aromatic carbocycles. The number of hydrogen-bond acceptors (Lipinski definition) is 2. The largest absolute Gasteiger partial charge is 0.298 e. The van der Waals surface area contributed by atoms with Crippen LogP contribution in [0.5, 0.6) is 0 Å². The van der Waals surface area contributed by atoms with Crippen LogP contribution < -0.4 is 10.6 Å². The molecule has 0 bridgehead atoms. The van der Waals surface area contributed by atoms with Crippen molar-refractivity contribution in [1.82, 2.24) is 10.6 Å². The van der Waals surface area contributed by atoms with Crippen LogP contribution in [0.4, 0.5) is 0 Å². The maximum atomic E-state index is 3.84. The molecule has 0 aromatic heterocycles. The van der Waals surface area contributed by atoms with Crippen molar-refractivity contribution in [3.63, 3.8) is 0 Å². The Morgan fingerprint density at radius 1 is 0.789 bits per heavy atom. The third-order valence-corrected chi connectivity index (χ3v) is 5.01. The van der Waals surface area contributed by atoms with Gasteiger partial charge in [-0.05, 0) is 32.2 Å². The van der Waals surface area contributed by atoms with Gasteiger partial charge in [-0.3, -0.25) is 10.6 Å². The molecule has 2 heteroatoms. The van der Waals surface area contributed by atoms with E-state index in [1.807, 2.05) is 0 Å². The Morgan fingerprint density at radius 3 is 2.05 bits per heavy atom. The molecule has 0 aromatic rings. The van der Waals surface area contributed by atoms with Crippen LogP contribution in [0.2, 0.25) is 0 Å². The van der Waals surface area contributed by atoms with Crippen molar-refractivity contribution in [2.24, 2.45) is 0 Å². The van der Waals surface area contributed by atoms with E-state index in [9.17, 15) is 0 Å². The number of hydrogen-bond donors (Lipinski definition) is 2. The highest BCUT2D eigenvalue weighted by molar-refractivity contribution is 5.23. The highest BCUT2D eigenvalue weighted by Gasteiger charge is 2.63. The highest BCUT2D eigenvalue weighted by Crippen LogP contribution is 2.45. The fraction of sp³-hybridized carbons (Fsp3) is 1.00. The van der Waals surface area contributed by atoms with Crippen molar-refractivity contribution in [1.29, 1.82) is 0 Å². The van der Waals surface area contributed by atoms with Crippen molar-refractivity contribution in [2.75, 3.05) is 6.54 Å². The second kappa shape index (κ2) is 8.26.